The zero-order chi connectivity index (χ0) is 10.8. The highest BCUT2D eigenvalue weighted by Gasteiger charge is 1.82. The highest BCUT2D eigenvalue weighted by molar-refractivity contribution is 5.64. The van der Waals surface area contributed by atoms with Crippen LogP contribution in [0.3, 0.4) is 0 Å². The summed E-state index contributed by atoms with van der Waals surface area (Å²) in [7, 11) is 0. The van der Waals surface area contributed by atoms with Crippen molar-refractivity contribution in [2.24, 2.45) is 5.73 Å². The van der Waals surface area contributed by atoms with Gasteiger partial charge >= 0.3 is 6.09 Å². The molecule has 0 aliphatic heterocycles. The minimum Gasteiger partial charge on any atom is -0.450 e. The largest absolute Gasteiger partial charge is 0.450 e. The van der Waals surface area contributed by atoms with Crippen molar-refractivity contribution < 1.29 is 9.53 Å². The third kappa shape index (κ3) is 7.16. The first-order valence-electron chi connectivity index (χ1n) is 4.66. The van der Waals surface area contributed by atoms with Crippen LogP contribution in [0.2, 0.25) is 0 Å². The Morgan fingerprint density at radius 3 is 2.07 bits per heavy atom. The average Bonchev–Trinajstić information content (AvgIpc) is 2.20. The van der Waals surface area contributed by atoms with Crippen LogP contribution in [0.1, 0.15) is 19.4 Å². The predicted molar refractivity (Wildman–Crippen MR) is 57.0 cm³/mol. The second-order valence-electron chi connectivity index (χ2n) is 2.59. The Kier molecular flexibility index (Phi) is 7.23. The maximum Gasteiger partial charge on any atom is 0.404 e. The fraction of sp³-hybridized carbons (Fsp3) is 0.364. The summed E-state index contributed by atoms with van der Waals surface area (Å²) < 4.78 is 4.18. The van der Waals surface area contributed by atoms with Crippen molar-refractivity contribution in [1.82, 2.24) is 0 Å². The van der Waals surface area contributed by atoms with E-state index in [-0.39, 0.29) is 0 Å². The Hall–Kier alpha value is -1.51. The molecule has 2 N–H and O–H groups in total. The van der Waals surface area contributed by atoms with Crippen molar-refractivity contribution in [2.75, 3.05) is 6.61 Å². The lowest BCUT2D eigenvalue weighted by Gasteiger charge is -1.89. The summed E-state index contributed by atoms with van der Waals surface area (Å²) in [6.45, 7) is 4.22. The molecule has 0 aliphatic rings. The molecule has 0 aliphatic carbocycles. The SMILES string of the molecule is CCOC(N)=O.CCc1ccccc1. The van der Waals surface area contributed by atoms with E-state index in [4.69, 9.17) is 0 Å². The van der Waals surface area contributed by atoms with Gasteiger partial charge in [0.15, 0.2) is 0 Å². The Balaban J connectivity index is 0.000000255. The molecule has 0 saturated carbocycles. The summed E-state index contributed by atoms with van der Waals surface area (Å²) in [5, 5.41) is 0. The van der Waals surface area contributed by atoms with Gasteiger partial charge in [0.2, 0.25) is 0 Å². The smallest absolute Gasteiger partial charge is 0.404 e. The molecule has 0 spiro atoms. The van der Waals surface area contributed by atoms with E-state index >= 15 is 0 Å². The molecule has 1 rings (SSSR count). The van der Waals surface area contributed by atoms with Crippen LogP contribution in [0, 0.1) is 0 Å². The summed E-state index contributed by atoms with van der Waals surface area (Å²) in [5.41, 5.74) is 5.95. The van der Waals surface area contributed by atoms with Gasteiger partial charge in [-0.05, 0) is 18.9 Å². The van der Waals surface area contributed by atoms with Gasteiger partial charge in [-0.3, -0.25) is 0 Å². The van der Waals surface area contributed by atoms with Crippen LogP contribution in [-0.4, -0.2) is 12.7 Å². The van der Waals surface area contributed by atoms with E-state index in [1.54, 1.807) is 6.92 Å². The van der Waals surface area contributed by atoms with Crippen molar-refractivity contribution in [2.45, 2.75) is 20.3 Å². The predicted octanol–water partition coefficient (Wildman–Crippen LogP) is 2.35. The molecule has 0 heterocycles. The first-order valence-corrected chi connectivity index (χ1v) is 4.66. The Morgan fingerprint density at radius 2 is 1.86 bits per heavy atom. The van der Waals surface area contributed by atoms with Crippen LogP contribution in [0.5, 0.6) is 0 Å². The number of primary amides is 1. The van der Waals surface area contributed by atoms with Gasteiger partial charge in [0.1, 0.15) is 0 Å². The lowest BCUT2D eigenvalue weighted by molar-refractivity contribution is 0.163. The number of carbonyl (C=O) groups excluding carboxylic acids is 1. The molecular formula is C11H17NO2. The van der Waals surface area contributed by atoms with E-state index in [1.807, 2.05) is 6.07 Å². The van der Waals surface area contributed by atoms with Gasteiger partial charge in [-0.1, -0.05) is 37.3 Å². The number of hydrogen-bond acceptors (Lipinski definition) is 2. The number of nitrogens with two attached hydrogens (primary N) is 1. The maximum atomic E-state index is 9.60. The van der Waals surface area contributed by atoms with Gasteiger partial charge in [-0.2, -0.15) is 0 Å². The molecular weight excluding hydrogens is 178 g/mol. The van der Waals surface area contributed by atoms with Crippen LogP contribution >= 0.6 is 0 Å². The lowest BCUT2D eigenvalue weighted by atomic mass is 10.2. The van der Waals surface area contributed by atoms with E-state index < -0.39 is 6.09 Å². The number of rotatable bonds is 2. The molecule has 1 aromatic carbocycles. The van der Waals surface area contributed by atoms with Crippen LogP contribution in [0.15, 0.2) is 30.3 Å². The number of ether oxygens (including phenoxy) is 1. The molecule has 1 amide bonds. The quantitative estimate of drug-likeness (QED) is 0.787. The maximum absolute atomic E-state index is 9.60. The summed E-state index contributed by atoms with van der Waals surface area (Å²) in [5.74, 6) is 0. The molecule has 78 valence electrons. The summed E-state index contributed by atoms with van der Waals surface area (Å²) in [6, 6.07) is 10.5. The molecule has 0 unspecified atom stereocenters. The minimum atomic E-state index is -0.711. The molecule has 3 nitrogen and oxygen atoms in total. The molecule has 1 aromatic rings. The topological polar surface area (TPSA) is 52.3 Å². The Labute approximate surface area is 84.9 Å². The fourth-order valence-electron chi connectivity index (χ4n) is 0.856. The number of benzene rings is 1. The van der Waals surface area contributed by atoms with Crippen LogP contribution < -0.4 is 5.73 Å². The van der Waals surface area contributed by atoms with E-state index in [9.17, 15) is 4.79 Å². The summed E-state index contributed by atoms with van der Waals surface area (Å²) in [6.07, 6.45) is 0.429. The molecule has 0 radical (unpaired) electrons. The van der Waals surface area contributed by atoms with Gasteiger partial charge in [-0.25, -0.2) is 4.79 Å². The third-order valence-electron chi connectivity index (χ3n) is 1.54. The van der Waals surface area contributed by atoms with E-state index in [2.05, 4.69) is 41.7 Å². The van der Waals surface area contributed by atoms with Crippen molar-refractivity contribution in [3.63, 3.8) is 0 Å². The van der Waals surface area contributed by atoms with E-state index in [1.165, 1.54) is 5.56 Å². The monoisotopic (exact) mass is 195 g/mol. The summed E-state index contributed by atoms with van der Waals surface area (Å²) >= 11 is 0. The van der Waals surface area contributed by atoms with Gasteiger partial charge in [0.05, 0.1) is 6.61 Å². The number of hydrogen-bond donors (Lipinski definition) is 1. The van der Waals surface area contributed by atoms with Gasteiger partial charge in [0.25, 0.3) is 0 Å². The molecule has 0 atom stereocenters. The van der Waals surface area contributed by atoms with Gasteiger partial charge in [-0.15, -0.1) is 0 Å². The molecule has 0 saturated heterocycles. The third-order valence-corrected chi connectivity index (χ3v) is 1.54. The summed E-state index contributed by atoms with van der Waals surface area (Å²) in [4.78, 5) is 9.60. The lowest BCUT2D eigenvalue weighted by Crippen LogP contribution is -2.11. The van der Waals surface area contributed by atoms with Crippen LogP contribution in [-0.2, 0) is 11.2 Å². The fourth-order valence-corrected chi connectivity index (χ4v) is 0.856. The normalized spacial score (nSPS) is 8.43. The van der Waals surface area contributed by atoms with Crippen molar-refractivity contribution in [3.8, 4) is 0 Å². The molecule has 3 heteroatoms. The van der Waals surface area contributed by atoms with E-state index in [0.717, 1.165) is 6.42 Å². The highest BCUT2D eigenvalue weighted by Crippen LogP contribution is 1.96. The Morgan fingerprint density at radius 1 is 1.29 bits per heavy atom. The van der Waals surface area contributed by atoms with Crippen LogP contribution in [0.25, 0.3) is 0 Å². The van der Waals surface area contributed by atoms with E-state index in [0.29, 0.717) is 6.61 Å². The zero-order valence-corrected chi connectivity index (χ0v) is 8.69. The highest BCUT2D eigenvalue weighted by atomic mass is 16.5. The van der Waals surface area contributed by atoms with Crippen LogP contribution in [0.4, 0.5) is 4.79 Å². The zero-order valence-electron chi connectivity index (χ0n) is 8.69. The van der Waals surface area contributed by atoms with Crippen molar-refractivity contribution in [3.05, 3.63) is 35.9 Å². The second kappa shape index (κ2) is 8.10. The first-order chi connectivity index (χ1) is 6.70. The molecule has 0 aromatic heterocycles. The van der Waals surface area contributed by atoms with Gasteiger partial charge < -0.3 is 10.5 Å². The molecule has 0 bridgehead atoms. The standard InChI is InChI=1S/C8H10.C3H7NO2/c1-2-8-6-4-3-5-7-8;1-2-6-3(4)5/h3-7H,2H2,1H3;2H2,1H3,(H2,4,5). The first kappa shape index (κ1) is 12.5. The average molecular weight is 195 g/mol. The minimum absolute atomic E-state index is 0.356. The molecule has 14 heavy (non-hydrogen) atoms. The Bertz CT molecular complexity index is 247. The van der Waals surface area contributed by atoms with Crippen molar-refractivity contribution >= 4 is 6.09 Å². The molecule has 0 fully saturated rings. The number of carbonyl (C=O) groups is 1. The van der Waals surface area contributed by atoms with Crippen molar-refractivity contribution in [1.29, 1.82) is 0 Å². The number of aryl methyl sites for hydroxylation is 1. The van der Waals surface area contributed by atoms with Gasteiger partial charge in [0, 0.05) is 0 Å². The second-order valence-corrected chi connectivity index (χ2v) is 2.59. The number of amides is 1.